The lowest BCUT2D eigenvalue weighted by molar-refractivity contribution is -0.0224. The normalized spacial score (nSPS) is 14.6. The lowest BCUT2D eigenvalue weighted by Gasteiger charge is -2.39. The van der Waals surface area contributed by atoms with Crippen molar-refractivity contribution < 1.29 is 5.11 Å². The monoisotopic (exact) mass is 326 g/mol. The van der Waals surface area contributed by atoms with E-state index in [-0.39, 0.29) is 11.5 Å². The first-order valence-electron chi connectivity index (χ1n) is 8.64. The van der Waals surface area contributed by atoms with Gasteiger partial charge in [0.1, 0.15) is 0 Å². The Kier molecular flexibility index (Phi) is 6.55. The molecular formula is C21H30N2O. The van der Waals surface area contributed by atoms with E-state index < -0.39 is 6.10 Å². The topological polar surface area (TPSA) is 49.5 Å². The zero-order valence-corrected chi connectivity index (χ0v) is 15.0. The van der Waals surface area contributed by atoms with Crippen LogP contribution in [0.1, 0.15) is 31.9 Å². The van der Waals surface area contributed by atoms with E-state index in [9.17, 15) is 5.11 Å². The molecule has 0 amide bonds. The fraction of sp³-hybridized carbons (Fsp3) is 0.429. The van der Waals surface area contributed by atoms with Crippen molar-refractivity contribution in [2.75, 3.05) is 6.54 Å². The molecule has 24 heavy (non-hydrogen) atoms. The lowest BCUT2D eigenvalue weighted by Crippen LogP contribution is -2.50. The van der Waals surface area contributed by atoms with Crippen LogP contribution in [0.4, 0.5) is 0 Å². The zero-order chi connectivity index (χ0) is 17.6. The third-order valence-corrected chi connectivity index (χ3v) is 4.82. The van der Waals surface area contributed by atoms with Crippen LogP contribution in [0.5, 0.6) is 0 Å². The minimum atomic E-state index is -0.491. The molecule has 0 radical (unpaired) electrons. The van der Waals surface area contributed by atoms with Gasteiger partial charge in [0.25, 0.3) is 0 Å². The van der Waals surface area contributed by atoms with Crippen molar-refractivity contribution in [1.29, 1.82) is 0 Å². The van der Waals surface area contributed by atoms with Crippen molar-refractivity contribution in [3.8, 4) is 0 Å². The van der Waals surface area contributed by atoms with Crippen LogP contribution >= 0.6 is 0 Å². The van der Waals surface area contributed by atoms with Crippen LogP contribution in [0.25, 0.3) is 0 Å². The summed E-state index contributed by atoms with van der Waals surface area (Å²) < 4.78 is 0. The summed E-state index contributed by atoms with van der Waals surface area (Å²) in [5, 5.41) is 10.9. The summed E-state index contributed by atoms with van der Waals surface area (Å²) in [6.45, 7) is 8.20. The maximum absolute atomic E-state index is 10.9. The standard InChI is InChI=1S/C21H30N2O/c1-17(20(24)21(2,3)16-22)23(14-18-10-6-4-7-11-18)15-19-12-8-5-9-13-19/h4-13,17,20,24H,14-16,22H2,1-3H3/t17-,20+/m1/s1. The number of nitrogens with zero attached hydrogens (tertiary/aromatic N) is 1. The largest absolute Gasteiger partial charge is 0.391 e. The molecule has 3 nitrogen and oxygen atoms in total. The third-order valence-electron chi connectivity index (χ3n) is 4.82. The van der Waals surface area contributed by atoms with Crippen LogP contribution in [0.15, 0.2) is 60.7 Å². The lowest BCUT2D eigenvalue weighted by atomic mass is 9.82. The van der Waals surface area contributed by atoms with E-state index in [4.69, 9.17) is 5.73 Å². The van der Waals surface area contributed by atoms with Crippen LogP contribution in [0.2, 0.25) is 0 Å². The van der Waals surface area contributed by atoms with Gasteiger partial charge in [0.2, 0.25) is 0 Å². The highest BCUT2D eigenvalue weighted by molar-refractivity contribution is 5.17. The quantitative estimate of drug-likeness (QED) is 0.781. The fourth-order valence-electron chi connectivity index (χ4n) is 2.95. The molecule has 0 bridgehead atoms. The summed E-state index contributed by atoms with van der Waals surface area (Å²) >= 11 is 0. The molecule has 2 aromatic carbocycles. The summed E-state index contributed by atoms with van der Waals surface area (Å²) in [4.78, 5) is 2.33. The Hall–Kier alpha value is -1.68. The van der Waals surface area contributed by atoms with Crippen molar-refractivity contribution in [2.24, 2.45) is 11.1 Å². The molecule has 0 aliphatic rings. The first kappa shape index (κ1) is 18.7. The molecule has 0 fully saturated rings. The number of aliphatic hydroxyl groups excluding tert-OH is 1. The molecule has 0 aliphatic carbocycles. The predicted octanol–water partition coefficient (Wildman–Crippen LogP) is 3.42. The highest BCUT2D eigenvalue weighted by atomic mass is 16.3. The van der Waals surface area contributed by atoms with Crippen molar-refractivity contribution in [1.82, 2.24) is 4.90 Å². The van der Waals surface area contributed by atoms with Crippen molar-refractivity contribution in [3.05, 3.63) is 71.8 Å². The molecule has 0 aliphatic heterocycles. The molecule has 3 heteroatoms. The van der Waals surface area contributed by atoms with E-state index in [0.29, 0.717) is 6.54 Å². The van der Waals surface area contributed by atoms with Gasteiger partial charge >= 0.3 is 0 Å². The van der Waals surface area contributed by atoms with Gasteiger partial charge in [0, 0.05) is 24.5 Å². The maximum atomic E-state index is 10.9. The Morgan fingerprint density at radius 1 is 0.917 bits per heavy atom. The molecular weight excluding hydrogens is 296 g/mol. The van der Waals surface area contributed by atoms with E-state index >= 15 is 0 Å². The van der Waals surface area contributed by atoms with Gasteiger partial charge in [-0.3, -0.25) is 4.90 Å². The van der Waals surface area contributed by atoms with E-state index in [1.165, 1.54) is 11.1 Å². The number of hydrogen-bond donors (Lipinski definition) is 2. The van der Waals surface area contributed by atoms with E-state index in [0.717, 1.165) is 13.1 Å². The molecule has 2 aromatic rings. The van der Waals surface area contributed by atoms with Gasteiger partial charge < -0.3 is 10.8 Å². The fourth-order valence-corrected chi connectivity index (χ4v) is 2.95. The molecule has 0 saturated carbocycles. The summed E-state index contributed by atoms with van der Waals surface area (Å²) in [6.07, 6.45) is -0.491. The van der Waals surface area contributed by atoms with Crippen LogP contribution in [-0.2, 0) is 13.1 Å². The third kappa shape index (κ3) is 4.91. The molecule has 0 spiro atoms. The summed E-state index contributed by atoms with van der Waals surface area (Å²) in [6, 6.07) is 20.8. The highest BCUT2D eigenvalue weighted by Crippen LogP contribution is 2.26. The molecule has 0 heterocycles. The van der Waals surface area contributed by atoms with Gasteiger partial charge in [0.15, 0.2) is 0 Å². The molecule has 130 valence electrons. The molecule has 2 rings (SSSR count). The Balaban J connectivity index is 2.21. The Morgan fingerprint density at radius 2 is 1.33 bits per heavy atom. The summed E-state index contributed by atoms with van der Waals surface area (Å²) in [5.74, 6) is 0. The van der Waals surface area contributed by atoms with Gasteiger partial charge in [-0.05, 0) is 24.6 Å². The van der Waals surface area contributed by atoms with Crippen LogP contribution in [0, 0.1) is 5.41 Å². The van der Waals surface area contributed by atoms with Gasteiger partial charge in [-0.15, -0.1) is 0 Å². The second-order valence-electron chi connectivity index (χ2n) is 7.25. The van der Waals surface area contributed by atoms with E-state index in [1.54, 1.807) is 0 Å². The van der Waals surface area contributed by atoms with Crippen LogP contribution in [-0.4, -0.2) is 28.7 Å². The molecule has 0 unspecified atom stereocenters. The molecule has 2 atom stereocenters. The Labute approximate surface area is 146 Å². The zero-order valence-electron chi connectivity index (χ0n) is 15.0. The second kappa shape index (κ2) is 8.43. The minimum Gasteiger partial charge on any atom is -0.391 e. The van der Waals surface area contributed by atoms with Gasteiger partial charge in [0.05, 0.1) is 6.10 Å². The number of benzene rings is 2. The first-order chi connectivity index (χ1) is 11.4. The Bertz CT molecular complexity index is 556. The van der Waals surface area contributed by atoms with E-state index in [1.807, 2.05) is 26.0 Å². The molecule has 0 saturated heterocycles. The molecule has 3 N–H and O–H groups in total. The van der Waals surface area contributed by atoms with Gasteiger partial charge in [-0.1, -0.05) is 74.5 Å². The van der Waals surface area contributed by atoms with E-state index in [2.05, 4.69) is 60.4 Å². The maximum Gasteiger partial charge on any atom is 0.0755 e. The average Bonchev–Trinajstić information content (AvgIpc) is 2.61. The van der Waals surface area contributed by atoms with Crippen molar-refractivity contribution >= 4 is 0 Å². The average molecular weight is 326 g/mol. The smallest absolute Gasteiger partial charge is 0.0755 e. The van der Waals surface area contributed by atoms with Crippen LogP contribution in [0.3, 0.4) is 0 Å². The predicted molar refractivity (Wildman–Crippen MR) is 100 cm³/mol. The number of aliphatic hydroxyl groups is 1. The summed E-state index contributed by atoms with van der Waals surface area (Å²) in [7, 11) is 0. The van der Waals surface area contributed by atoms with Gasteiger partial charge in [-0.2, -0.15) is 0 Å². The van der Waals surface area contributed by atoms with Gasteiger partial charge in [-0.25, -0.2) is 0 Å². The van der Waals surface area contributed by atoms with Crippen molar-refractivity contribution in [3.63, 3.8) is 0 Å². The minimum absolute atomic E-state index is 0.00367. The van der Waals surface area contributed by atoms with Crippen LogP contribution < -0.4 is 5.73 Å². The molecule has 0 aromatic heterocycles. The van der Waals surface area contributed by atoms with Crippen molar-refractivity contribution in [2.45, 2.75) is 46.0 Å². The highest BCUT2D eigenvalue weighted by Gasteiger charge is 2.33. The Morgan fingerprint density at radius 3 is 1.71 bits per heavy atom. The number of nitrogens with two attached hydrogens (primary N) is 1. The number of hydrogen-bond acceptors (Lipinski definition) is 3. The number of rotatable bonds is 8. The summed E-state index contributed by atoms with van der Waals surface area (Å²) in [5.41, 5.74) is 8.05. The second-order valence-corrected chi connectivity index (χ2v) is 7.25. The first-order valence-corrected chi connectivity index (χ1v) is 8.64. The SMILES string of the molecule is C[C@H]([C@H](O)C(C)(C)CN)N(Cc1ccccc1)Cc1ccccc1.